The predicted octanol–water partition coefficient (Wildman–Crippen LogP) is 3.63. The van der Waals surface area contributed by atoms with Gasteiger partial charge < -0.3 is 14.6 Å². The number of aromatic nitrogens is 1. The zero-order valence-electron chi connectivity index (χ0n) is 19.3. The normalized spacial score (nSPS) is 30.6. The molecule has 0 spiro atoms. The zero-order valence-corrected chi connectivity index (χ0v) is 20.1. The van der Waals surface area contributed by atoms with Crippen molar-refractivity contribution in [2.45, 2.75) is 37.1 Å². The van der Waals surface area contributed by atoms with Gasteiger partial charge in [0.25, 0.3) is 0 Å². The number of carbonyl (C=O) groups is 2. The molecule has 3 aliphatic heterocycles. The number of rotatable bonds is 5. The van der Waals surface area contributed by atoms with E-state index in [1.807, 2.05) is 6.07 Å². The average molecular weight is 504 g/mol. The van der Waals surface area contributed by atoms with Crippen molar-refractivity contribution < 1.29 is 24.2 Å². The minimum Gasteiger partial charge on any atom is -0.478 e. The minimum absolute atomic E-state index is 0.182. The number of aliphatic hydroxyl groups excluding tert-OH is 1. The fourth-order valence-corrected chi connectivity index (χ4v) is 6.33. The first-order valence-corrected chi connectivity index (χ1v) is 12.1. The second-order valence-corrected chi connectivity index (χ2v) is 10.2. The molecule has 8 nitrogen and oxygen atoms in total. The minimum atomic E-state index is -1.19. The number of hydrogen-bond donors (Lipinski definition) is 1. The Morgan fingerprint density at radius 2 is 1.92 bits per heavy atom. The number of halogens is 1. The Kier molecular flexibility index (Phi) is 5.09. The highest BCUT2D eigenvalue weighted by molar-refractivity contribution is 6.30. The van der Waals surface area contributed by atoms with Crippen molar-refractivity contribution in [3.05, 3.63) is 65.3 Å². The maximum Gasteiger partial charge on any atom is 0.240 e. The monoisotopic (exact) mass is 503 g/mol. The number of benzene rings is 2. The molecular weight excluding hydrogens is 482 g/mol. The van der Waals surface area contributed by atoms with Crippen LogP contribution in [-0.4, -0.2) is 45.8 Å². The molecule has 0 aliphatic carbocycles. The molecule has 1 N–H and O–H groups in total. The van der Waals surface area contributed by atoms with Crippen molar-refractivity contribution in [2.24, 2.45) is 11.8 Å². The van der Waals surface area contributed by atoms with Crippen LogP contribution in [0.25, 0.3) is 10.8 Å². The van der Waals surface area contributed by atoms with Gasteiger partial charge in [-0.05, 0) is 25.1 Å². The van der Waals surface area contributed by atoms with Crippen LogP contribution in [-0.2, 0) is 14.3 Å². The number of nitriles is 1. The summed E-state index contributed by atoms with van der Waals surface area (Å²) >= 11 is 5.88. The maximum absolute atomic E-state index is 13.9. The molecule has 2 bridgehead atoms. The number of pyridine rings is 1. The number of nitrogens with zero attached hydrogens (tertiary/aromatic N) is 3. The maximum atomic E-state index is 13.9. The number of carbonyl (C=O) groups excluding carboxylic acids is 2. The Morgan fingerprint density at radius 1 is 1.17 bits per heavy atom. The number of fused-ring (bicyclic) bond motifs is 6. The second-order valence-electron chi connectivity index (χ2n) is 9.74. The molecule has 182 valence electrons. The molecule has 2 aromatic carbocycles. The molecule has 3 aliphatic rings. The van der Waals surface area contributed by atoms with E-state index in [0.717, 1.165) is 0 Å². The molecule has 9 heteroatoms. The second kappa shape index (κ2) is 8.00. The van der Waals surface area contributed by atoms with E-state index < -0.39 is 35.0 Å². The molecule has 4 heterocycles. The van der Waals surface area contributed by atoms with Gasteiger partial charge in [0.1, 0.15) is 5.60 Å². The summed E-state index contributed by atoms with van der Waals surface area (Å²) in [6.07, 6.45) is 1.10. The third-order valence-corrected chi connectivity index (χ3v) is 8.08. The number of hydrogen-bond acceptors (Lipinski definition) is 7. The Labute approximate surface area is 212 Å². The first kappa shape index (κ1) is 22.9. The van der Waals surface area contributed by atoms with Gasteiger partial charge >= 0.3 is 0 Å². The summed E-state index contributed by atoms with van der Waals surface area (Å²) in [4.78, 5) is 33.1. The highest BCUT2D eigenvalue weighted by Gasteiger charge is 2.77. The fraction of sp³-hybridized carbons (Fsp3) is 0.333. The molecular formula is C27H22ClN3O5. The molecule has 1 unspecified atom stereocenters. The standard InChI is InChI=1S/C27H22ClN3O5/c1-26-20(32)12-27(36-26,10-11-35-21-9-7-16(28)14-30-21)23-22(26)24(33)31(25(23)34)19-8-6-15(13-29)17-4-2-3-5-18(17)19/h2-9,14,20,22-23,32H,10-12H2,1H3/t20?,22-,23+,26-,27+/m1/s1. The number of amides is 2. The lowest BCUT2D eigenvalue weighted by Crippen LogP contribution is -2.49. The van der Waals surface area contributed by atoms with E-state index in [2.05, 4.69) is 11.1 Å². The van der Waals surface area contributed by atoms with Crippen LogP contribution >= 0.6 is 11.6 Å². The summed E-state index contributed by atoms with van der Waals surface area (Å²) in [5.41, 5.74) is -1.34. The molecule has 3 fully saturated rings. The molecule has 36 heavy (non-hydrogen) atoms. The zero-order chi connectivity index (χ0) is 25.2. The summed E-state index contributed by atoms with van der Waals surface area (Å²) in [5, 5.41) is 22.2. The predicted molar refractivity (Wildman–Crippen MR) is 130 cm³/mol. The summed E-state index contributed by atoms with van der Waals surface area (Å²) in [6.45, 7) is 1.89. The number of imide groups is 1. The van der Waals surface area contributed by atoms with Crippen LogP contribution in [0.15, 0.2) is 54.7 Å². The van der Waals surface area contributed by atoms with E-state index in [1.54, 1.807) is 49.4 Å². The lowest BCUT2D eigenvalue weighted by atomic mass is 9.66. The first-order valence-electron chi connectivity index (χ1n) is 11.7. The van der Waals surface area contributed by atoms with E-state index in [9.17, 15) is 20.0 Å². The summed E-state index contributed by atoms with van der Waals surface area (Å²) in [5.74, 6) is -1.96. The molecule has 0 radical (unpaired) electrons. The third-order valence-electron chi connectivity index (χ3n) is 7.85. The highest BCUT2D eigenvalue weighted by Crippen LogP contribution is 2.62. The smallest absolute Gasteiger partial charge is 0.240 e. The highest BCUT2D eigenvalue weighted by atomic mass is 35.5. The molecule has 6 rings (SSSR count). The third kappa shape index (κ3) is 3.10. The van der Waals surface area contributed by atoms with Gasteiger partial charge in [0.2, 0.25) is 17.7 Å². The Hall–Kier alpha value is -3.51. The van der Waals surface area contributed by atoms with Gasteiger partial charge in [-0.3, -0.25) is 9.59 Å². The Morgan fingerprint density at radius 3 is 2.64 bits per heavy atom. The van der Waals surface area contributed by atoms with Crippen LogP contribution in [0.2, 0.25) is 5.02 Å². The van der Waals surface area contributed by atoms with E-state index in [0.29, 0.717) is 39.3 Å². The van der Waals surface area contributed by atoms with E-state index >= 15 is 0 Å². The SMILES string of the molecule is C[C@@]12O[C@@](CCOc3ccc(Cl)cn3)(CC1O)[C@@H]1C(=O)N(c3ccc(C#N)c4ccccc34)C(=O)[C@@H]12. The lowest BCUT2D eigenvalue weighted by molar-refractivity contribution is -0.134. The Bertz CT molecular complexity index is 1450. The molecule has 5 atom stereocenters. The van der Waals surface area contributed by atoms with Gasteiger partial charge in [-0.2, -0.15) is 5.26 Å². The van der Waals surface area contributed by atoms with Crippen molar-refractivity contribution >= 4 is 39.9 Å². The molecule has 1 aromatic heterocycles. The van der Waals surface area contributed by atoms with Crippen LogP contribution in [0, 0.1) is 23.2 Å². The summed E-state index contributed by atoms with van der Waals surface area (Å²) in [6, 6.07) is 15.9. The number of anilines is 1. The van der Waals surface area contributed by atoms with Gasteiger partial charge in [0, 0.05) is 35.9 Å². The number of aliphatic hydroxyl groups is 1. The van der Waals surface area contributed by atoms with Crippen molar-refractivity contribution in [1.82, 2.24) is 4.98 Å². The van der Waals surface area contributed by atoms with Crippen LogP contribution in [0.4, 0.5) is 5.69 Å². The fourth-order valence-electron chi connectivity index (χ4n) is 6.21. The molecule has 3 aromatic rings. The van der Waals surface area contributed by atoms with E-state index in [-0.39, 0.29) is 18.9 Å². The van der Waals surface area contributed by atoms with Gasteiger partial charge in [0.05, 0.1) is 52.5 Å². The lowest BCUT2D eigenvalue weighted by Gasteiger charge is -2.33. The van der Waals surface area contributed by atoms with Crippen LogP contribution in [0.5, 0.6) is 5.88 Å². The van der Waals surface area contributed by atoms with Crippen LogP contribution < -0.4 is 9.64 Å². The van der Waals surface area contributed by atoms with Crippen molar-refractivity contribution in [3.8, 4) is 11.9 Å². The largest absolute Gasteiger partial charge is 0.478 e. The van der Waals surface area contributed by atoms with Crippen molar-refractivity contribution in [3.63, 3.8) is 0 Å². The number of ether oxygens (including phenoxy) is 2. The van der Waals surface area contributed by atoms with Crippen molar-refractivity contribution in [1.29, 1.82) is 5.26 Å². The molecule has 2 amide bonds. The van der Waals surface area contributed by atoms with Crippen molar-refractivity contribution in [2.75, 3.05) is 11.5 Å². The van der Waals surface area contributed by atoms with Crippen LogP contribution in [0.3, 0.4) is 0 Å². The summed E-state index contributed by atoms with van der Waals surface area (Å²) < 4.78 is 12.1. The van der Waals surface area contributed by atoms with E-state index in [4.69, 9.17) is 21.1 Å². The van der Waals surface area contributed by atoms with Crippen LogP contribution in [0.1, 0.15) is 25.3 Å². The molecule has 0 saturated carbocycles. The van der Waals surface area contributed by atoms with Gasteiger partial charge in [0.15, 0.2) is 0 Å². The van der Waals surface area contributed by atoms with Gasteiger partial charge in [-0.1, -0.05) is 35.9 Å². The molecule has 3 saturated heterocycles. The topological polar surface area (TPSA) is 113 Å². The first-order chi connectivity index (χ1) is 17.3. The average Bonchev–Trinajstić information content (AvgIpc) is 3.41. The summed E-state index contributed by atoms with van der Waals surface area (Å²) in [7, 11) is 0. The Balaban J connectivity index is 1.35. The van der Waals surface area contributed by atoms with Gasteiger partial charge in [-0.25, -0.2) is 9.88 Å². The van der Waals surface area contributed by atoms with Gasteiger partial charge in [-0.15, -0.1) is 0 Å². The quantitative estimate of drug-likeness (QED) is 0.529. The van der Waals surface area contributed by atoms with E-state index in [1.165, 1.54) is 11.1 Å².